The van der Waals surface area contributed by atoms with Gasteiger partial charge in [0.05, 0.1) is 0 Å². The van der Waals surface area contributed by atoms with Crippen molar-refractivity contribution in [2.24, 2.45) is 10.9 Å². The van der Waals surface area contributed by atoms with Gasteiger partial charge < -0.3 is 15.5 Å². The molecule has 1 saturated heterocycles. The molecule has 2 N–H and O–H groups in total. The smallest absolute Gasteiger partial charge is 0.191 e. The highest BCUT2D eigenvalue weighted by molar-refractivity contribution is 5.80. The summed E-state index contributed by atoms with van der Waals surface area (Å²) in [6.45, 7) is 19.3. The average molecular weight is 354 g/mol. The summed E-state index contributed by atoms with van der Waals surface area (Å²) in [6.07, 6.45) is 3.62. The average Bonchev–Trinajstić information content (AvgIpc) is 2.59. The van der Waals surface area contributed by atoms with Crippen molar-refractivity contribution < 1.29 is 0 Å². The van der Waals surface area contributed by atoms with Gasteiger partial charge in [0.25, 0.3) is 0 Å². The largest absolute Gasteiger partial charge is 0.355 e. The first kappa shape index (κ1) is 22.2. The van der Waals surface area contributed by atoms with Gasteiger partial charge >= 0.3 is 0 Å². The Morgan fingerprint density at radius 3 is 2.16 bits per heavy atom. The monoisotopic (exact) mass is 353 g/mol. The maximum Gasteiger partial charge on any atom is 0.191 e. The minimum atomic E-state index is 0.540. The van der Waals surface area contributed by atoms with Gasteiger partial charge in [-0.3, -0.25) is 9.89 Å². The zero-order valence-electron chi connectivity index (χ0n) is 17.8. The number of piperidine rings is 1. The van der Waals surface area contributed by atoms with Crippen molar-refractivity contribution >= 4 is 5.96 Å². The standard InChI is InChI=1S/C20H43N5/c1-8-24(9-2)19(14-16(3)4)15-22-20(21-7)23-18-10-12-25(13-11-18)17(5)6/h16-19H,8-15H2,1-7H3,(H2,21,22,23). The van der Waals surface area contributed by atoms with Crippen molar-refractivity contribution in [3.8, 4) is 0 Å². The molecule has 0 amide bonds. The van der Waals surface area contributed by atoms with E-state index in [1.165, 1.54) is 32.4 Å². The van der Waals surface area contributed by atoms with Crippen molar-refractivity contribution in [2.75, 3.05) is 39.8 Å². The highest BCUT2D eigenvalue weighted by atomic mass is 15.2. The molecule has 0 spiro atoms. The number of rotatable bonds is 9. The Bertz CT molecular complexity index is 368. The third kappa shape index (κ3) is 7.95. The van der Waals surface area contributed by atoms with E-state index in [0.717, 1.165) is 25.6 Å². The molecule has 1 fully saturated rings. The fourth-order valence-corrected chi connectivity index (χ4v) is 3.81. The minimum Gasteiger partial charge on any atom is -0.355 e. The second-order valence-electron chi connectivity index (χ2n) is 8.01. The van der Waals surface area contributed by atoms with E-state index in [1.54, 1.807) is 0 Å². The molecule has 0 bridgehead atoms. The van der Waals surface area contributed by atoms with Crippen LogP contribution in [0.4, 0.5) is 0 Å². The van der Waals surface area contributed by atoms with Crippen LogP contribution in [0.2, 0.25) is 0 Å². The second-order valence-corrected chi connectivity index (χ2v) is 8.01. The van der Waals surface area contributed by atoms with Crippen molar-refractivity contribution in [3.05, 3.63) is 0 Å². The Kier molecular flexibility index (Phi) is 10.4. The Labute approximate surface area is 156 Å². The van der Waals surface area contributed by atoms with Crippen LogP contribution < -0.4 is 10.6 Å². The summed E-state index contributed by atoms with van der Waals surface area (Å²) >= 11 is 0. The van der Waals surface area contributed by atoms with Gasteiger partial charge in [-0.05, 0) is 52.1 Å². The normalized spacial score (nSPS) is 19.0. The zero-order valence-corrected chi connectivity index (χ0v) is 17.8. The molecule has 0 aromatic heterocycles. The minimum absolute atomic E-state index is 0.540. The zero-order chi connectivity index (χ0) is 18.8. The third-order valence-corrected chi connectivity index (χ3v) is 5.40. The predicted molar refractivity (Wildman–Crippen MR) is 110 cm³/mol. The van der Waals surface area contributed by atoms with E-state index in [9.17, 15) is 0 Å². The van der Waals surface area contributed by atoms with E-state index in [1.807, 2.05) is 7.05 Å². The second kappa shape index (κ2) is 11.7. The Balaban J connectivity index is 2.49. The highest BCUT2D eigenvalue weighted by Crippen LogP contribution is 2.13. The molecule has 0 saturated carbocycles. The lowest BCUT2D eigenvalue weighted by Gasteiger charge is -2.36. The first-order valence-electron chi connectivity index (χ1n) is 10.4. The van der Waals surface area contributed by atoms with Crippen LogP contribution >= 0.6 is 0 Å². The Morgan fingerprint density at radius 1 is 1.12 bits per heavy atom. The van der Waals surface area contributed by atoms with Crippen LogP contribution in [-0.2, 0) is 0 Å². The quantitative estimate of drug-likeness (QED) is 0.494. The van der Waals surface area contributed by atoms with Crippen LogP contribution in [0.5, 0.6) is 0 Å². The molecule has 1 aliphatic rings. The lowest BCUT2D eigenvalue weighted by atomic mass is 10.0. The molecule has 1 rings (SSSR count). The molecule has 0 aromatic carbocycles. The van der Waals surface area contributed by atoms with Crippen LogP contribution in [0.1, 0.15) is 60.8 Å². The lowest BCUT2D eigenvalue weighted by molar-refractivity contribution is 0.166. The lowest BCUT2D eigenvalue weighted by Crippen LogP contribution is -2.52. The first-order chi connectivity index (χ1) is 11.9. The summed E-state index contributed by atoms with van der Waals surface area (Å²) in [5, 5.41) is 7.23. The number of hydrogen-bond acceptors (Lipinski definition) is 3. The predicted octanol–water partition coefficient (Wildman–Crippen LogP) is 2.78. The third-order valence-electron chi connectivity index (χ3n) is 5.40. The number of nitrogens with one attached hydrogen (secondary N) is 2. The number of guanidine groups is 1. The van der Waals surface area contributed by atoms with Gasteiger partial charge in [-0.25, -0.2) is 0 Å². The summed E-state index contributed by atoms with van der Waals surface area (Å²) in [4.78, 5) is 9.58. The molecular weight excluding hydrogens is 310 g/mol. The molecule has 5 nitrogen and oxygen atoms in total. The molecule has 0 radical (unpaired) electrons. The van der Waals surface area contributed by atoms with Gasteiger partial charge in [-0.2, -0.15) is 0 Å². The van der Waals surface area contributed by atoms with E-state index < -0.39 is 0 Å². The SMILES string of the molecule is CCN(CC)C(CNC(=NC)NC1CCN(C(C)C)CC1)CC(C)C. The van der Waals surface area contributed by atoms with Crippen LogP contribution in [-0.4, -0.2) is 73.7 Å². The maximum atomic E-state index is 4.46. The Hall–Kier alpha value is -0.810. The van der Waals surface area contributed by atoms with E-state index in [4.69, 9.17) is 0 Å². The topological polar surface area (TPSA) is 42.9 Å². The first-order valence-corrected chi connectivity index (χ1v) is 10.4. The molecule has 0 aromatic rings. The van der Waals surface area contributed by atoms with Gasteiger partial charge in [0.2, 0.25) is 0 Å². The number of hydrogen-bond donors (Lipinski definition) is 2. The van der Waals surface area contributed by atoms with Crippen LogP contribution in [0.25, 0.3) is 0 Å². The van der Waals surface area contributed by atoms with Crippen LogP contribution in [0.3, 0.4) is 0 Å². The van der Waals surface area contributed by atoms with Gasteiger partial charge in [-0.1, -0.05) is 27.7 Å². The van der Waals surface area contributed by atoms with Crippen molar-refractivity contribution in [2.45, 2.75) is 78.9 Å². The summed E-state index contributed by atoms with van der Waals surface area (Å²) in [7, 11) is 1.88. The van der Waals surface area contributed by atoms with Crippen LogP contribution in [0, 0.1) is 5.92 Å². The van der Waals surface area contributed by atoms with Crippen LogP contribution in [0.15, 0.2) is 4.99 Å². The summed E-state index contributed by atoms with van der Waals surface area (Å²) in [6, 6.07) is 1.76. The van der Waals surface area contributed by atoms with Gasteiger partial charge in [0.1, 0.15) is 0 Å². The molecule has 1 aliphatic heterocycles. The van der Waals surface area contributed by atoms with Gasteiger partial charge in [-0.15, -0.1) is 0 Å². The molecule has 1 unspecified atom stereocenters. The summed E-state index contributed by atoms with van der Waals surface area (Å²) in [5.74, 6) is 1.67. The number of likely N-dealkylation sites (tertiary alicyclic amines) is 1. The fourth-order valence-electron chi connectivity index (χ4n) is 3.81. The van der Waals surface area contributed by atoms with Gasteiger partial charge in [0, 0.05) is 44.8 Å². The van der Waals surface area contributed by atoms with E-state index >= 15 is 0 Å². The van der Waals surface area contributed by atoms with Crippen molar-refractivity contribution in [1.82, 2.24) is 20.4 Å². The Morgan fingerprint density at radius 2 is 1.72 bits per heavy atom. The number of nitrogens with zero attached hydrogens (tertiary/aromatic N) is 3. The van der Waals surface area contributed by atoms with Gasteiger partial charge in [0.15, 0.2) is 5.96 Å². The number of aliphatic imine (C=N–C) groups is 1. The maximum absolute atomic E-state index is 4.46. The van der Waals surface area contributed by atoms with E-state index in [0.29, 0.717) is 24.0 Å². The molecule has 5 heteroatoms. The summed E-state index contributed by atoms with van der Waals surface area (Å²) < 4.78 is 0. The highest BCUT2D eigenvalue weighted by Gasteiger charge is 2.22. The molecule has 1 atom stereocenters. The molecule has 0 aliphatic carbocycles. The molecule has 1 heterocycles. The fraction of sp³-hybridized carbons (Fsp3) is 0.950. The number of likely N-dealkylation sites (N-methyl/N-ethyl adjacent to an activating group) is 1. The molecular formula is C20H43N5. The molecule has 148 valence electrons. The van der Waals surface area contributed by atoms with E-state index in [2.05, 4.69) is 67.0 Å². The van der Waals surface area contributed by atoms with Crippen molar-refractivity contribution in [3.63, 3.8) is 0 Å². The summed E-state index contributed by atoms with van der Waals surface area (Å²) in [5.41, 5.74) is 0. The van der Waals surface area contributed by atoms with Crippen molar-refractivity contribution in [1.29, 1.82) is 0 Å². The molecule has 25 heavy (non-hydrogen) atoms. The van der Waals surface area contributed by atoms with E-state index in [-0.39, 0.29) is 0 Å².